The van der Waals surface area contributed by atoms with Gasteiger partial charge in [0.2, 0.25) is 0 Å². The van der Waals surface area contributed by atoms with Crippen LogP contribution >= 0.6 is 11.6 Å². The molecule has 0 aliphatic carbocycles. The van der Waals surface area contributed by atoms with E-state index in [9.17, 15) is 0 Å². The van der Waals surface area contributed by atoms with E-state index in [0.717, 1.165) is 28.2 Å². The summed E-state index contributed by atoms with van der Waals surface area (Å²) in [4.78, 5) is 0. The third-order valence-electron chi connectivity index (χ3n) is 2.76. The van der Waals surface area contributed by atoms with E-state index in [1.807, 2.05) is 38.1 Å². The Hall–Kier alpha value is -1.41. The predicted molar refractivity (Wildman–Crippen MR) is 68.9 cm³/mol. The first-order valence-corrected chi connectivity index (χ1v) is 5.89. The first kappa shape index (κ1) is 12.1. The average molecular weight is 251 g/mol. The summed E-state index contributed by atoms with van der Waals surface area (Å²) in [7, 11) is 1.67. The third kappa shape index (κ3) is 2.47. The lowest BCUT2D eigenvalue weighted by molar-refractivity contribution is 0.411. The Morgan fingerprint density at radius 1 is 1.18 bits per heavy atom. The van der Waals surface area contributed by atoms with Crippen molar-refractivity contribution in [2.24, 2.45) is 0 Å². The first-order chi connectivity index (χ1) is 8.11. The molecule has 0 aliphatic rings. The number of furan rings is 1. The van der Waals surface area contributed by atoms with Gasteiger partial charge in [-0.05, 0) is 37.1 Å². The second kappa shape index (κ2) is 4.84. The zero-order valence-electron chi connectivity index (χ0n) is 10.2. The Balaban J connectivity index is 2.31. The van der Waals surface area contributed by atoms with Gasteiger partial charge in [-0.1, -0.05) is 12.1 Å². The van der Waals surface area contributed by atoms with Crippen molar-refractivity contribution < 1.29 is 9.15 Å². The second-order valence-electron chi connectivity index (χ2n) is 4.08. The van der Waals surface area contributed by atoms with E-state index in [1.165, 1.54) is 0 Å². The van der Waals surface area contributed by atoms with Crippen LogP contribution in [0, 0.1) is 13.8 Å². The minimum absolute atomic E-state index is 0.183. The normalized spacial score (nSPS) is 12.5. The van der Waals surface area contributed by atoms with Gasteiger partial charge in [-0.2, -0.15) is 0 Å². The van der Waals surface area contributed by atoms with Crippen molar-refractivity contribution in [1.82, 2.24) is 0 Å². The summed E-state index contributed by atoms with van der Waals surface area (Å²) >= 11 is 6.41. The Bertz CT molecular complexity index is 517. The van der Waals surface area contributed by atoms with E-state index < -0.39 is 0 Å². The molecule has 17 heavy (non-hydrogen) atoms. The van der Waals surface area contributed by atoms with Crippen molar-refractivity contribution in [1.29, 1.82) is 0 Å². The van der Waals surface area contributed by atoms with Gasteiger partial charge in [0, 0.05) is 5.56 Å². The van der Waals surface area contributed by atoms with Crippen molar-refractivity contribution in [3.8, 4) is 5.75 Å². The van der Waals surface area contributed by atoms with E-state index >= 15 is 0 Å². The minimum Gasteiger partial charge on any atom is -0.496 e. The number of hydrogen-bond acceptors (Lipinski definition) is 2. The summed E-state index contributed by atoms with van der Waals surface area (Å²) in [5, 5.41) is -0.183. The summed E-state index contributed by atoms with van der Waals surface area (Å²) in [5.74, 6) is 1.75. The molecular weight excluding hydrogens is 236 g/mol. The van der Waals surface area contributed by atoms with Crippen molar-refractivity contribution >= 4 is 11.6 Å². The van der Waals surface area contributed by atoms with Crippen LogP contribution in [0.3, 0.4) is 0 Å². The van der Waals surface area contributed by atoms with Gasteiger partial charge < -0.3 is 9.15 Å². The van der Waals surface area contributed by atoms with Crippen molar-refractivity contribution in [2.75, 3.05) is 7.11 Å². The summed E-state index contributed by atoms with van der Waals surface area (Å²) in [6.45, 7) is 3.92. The van der Waals surface area contributed by atoms with Gasteiger partial charge in [0.25, 0.3) is 0 Å². The fourth-order valence-electron chi connectivity index (χ4n) is 1.85. The molecule has 2 aromatic rings. The summed E-state index contributed by atoms with van der Waals surface area (Å²) < 4.78 is 10.5. The zero-order chi connectivity index (χ0) is 12.4. The predicted octanol–water partition coefficient (Wildman–Crippen LogP) is 4.23. The van der Waals surface area contributed by atoms with Crippen molar-refractivity contribution in [2.45, 2.75) is 19.2 Å². The van der Waals surface area contributed by atoms with Gasteiger partial charge >= 0.3 is 0 Å². The van der Waals surface area contributed by atoms with Crippen molar-refractivity contribution in [3.63, 3.8) is 0 Å². The van der Waals surface area contributed by atoms with Crippen LogP contribution in [0.25, 0.3) is 0 Å². The topological polar surface area (TPSA) is 22.4 Å². The maximum absolute atomic E-state index is 6.41. The molecule has 0 radical (unpaired) electrons. The van der Waals surface area contributed by atoms with E-state index in [1.54, 1.807) is 13.4 Å². The van der Waals surface area contributed by atoms with Crippen LogP contribution in [-0.2, 0) is 0 Å². The molecule has 0 bridgehead atoms. The number of rotatable bonds is 3. The molecule has 0 saturated heterocycles. The van der Waals surface area contributed by atoms with Crippen LogP contribution in [0.1, 0.15) is 27.8 Å². The molecule has 0 amide bonds. The Kier molecular flexibility index (Phi) is 3.43. The highest BCUT2D eigenvalue weighted by atomic mass is 35.5. The van der Waals surface area contributed by atoms with Crippen LogP contribution in [0.2, 0.25) is 0 Å². The monoisotopic (exact) mass is 250 g/mol. The SMILES string of the molecule is COc1ccc(C(Cl)c2coc(C)c2)cc1C. The molecule has 1 aromatic carbocycles. The summed E-state index contributed by atoms with van der Waals surface area (Å²) in [6, 6.07) is 7.91. The molecule has 1 aromatic heterocycles. The molecule has 0 N–H and O–H groups in total. The number of alkyl halides is 1. The highest BCUT2D eigenvalue weighted by Crippen LogP contribution is 2.32. The van der Waals surface area contributed by atoms with E-state index in [0.29, 0.717) is 0 Å². The van der Waals surface area contributed by atoms with E-state index in [-0.39, 0.29) is 5.38 Å². The van der Waals surface area contributed by atoms with Gasteiger partial charge in [0.15, 0.2) is 0 Å². The lowest BCUT2D eigenvalue weighted by Crippen LogP contribution is -1.94. The van der Waals surface area contributed by atoms with Gasteiger partial charge in [-0.15, -0.1) is 11.6 Å². The van der Waals surface area contributed by atoms with Gasteiger partial charge in [-0.3, -0.25) is 0 Å². The third-order valence-corrected chi connectivity index (χ3v) is 3.26. The highest BCUT2D eigenvalue weighted by Gasteiger charge is 2.14. The van der Waals surface area contributed by atoms with Gasteiger partial charge in [-0.25, -0.2) is 0 Å². The molecule has 90 valence electrons. The smallest absolute Gasteiger partial charge is 0.121 e. The van der Waals surface area contributed by atoms with Crippen LogP contribution < -0.4 is 4.74 Å². The van der Waals surface area contributed by atoms with Crippen LogP contribution in [0.4, 0.5) is 0 Å². The van der Waals surface area contributed by atoms with E-state index in [4.69, 9.17) is 20.8 Å². The average Bonchev–Trinajstić information content (AvgIpc) is 2.75. The molecule has 1 unspecified atom stereocenters. The molecular formula is C14H15ClO2. The zero-order valence-corrected chi connectivity index (χ0v) is 10.9. The quantitative estimate of drug-likeness (QED) is 0.761. The number of aryl methyl sites for hydroxylation is 2. The minimum atomic E-state index is -0.183. The highest BCUT2D eigenvalue weighted by molar-refractivity contribution is 6.22. The molecule has 1 heterocycles. The van der Waals surface area contributed by atoms with Crippen LogP contribution in [0.5, 0.6) is 5.75 Å². The number of methoxy groups -OCH3 is 1. The molecule has 2 rings (SSSR count). The van der Waals surface area contributed by atoms with Gasteiger partial charge in [0.05, 0.1) is 18.8 Å². The standard InChI is InChI=1S/C14H15ClO2/c1-9-6-11(4-5-13(9)16-3)14(15)12-7-10(2)17-8-12/h4-8,14H,1-3H3. The Labute approximate surface area is 106 Å². The van der Waals surface area contributed by atoms with E-state index in [2.05, 4.69) is 0 Å². The summed E-state index contributed by atoms with van der Waals surface area (Å²) in [6.07, 6.45) is 1.70. The lowest BCUT2D eigenvalue weighted by Gasteiger charge is -2.11. The fourth-order valence-corrected chi connectivity index (χ4v) is 2.10. The molecule has 1 atom stereocenters. The van der Waals surface area contributed by atoms with Crippen LogP contribution in [0.15, 0.2) is 34.9 Å². The largest absolute Gasteiger partial charge is 0.496 e. The number of hydrogen-bond donors (Lipinski definition) is 0. The maximum Gasteiger partial charge on any atom is 0.121 e. The fraction of sp³-hybridized carbons (Fsp3) is 0.286. The molecule has 0 spiro atoms. The lowest BCUT2D eigenvalue weighted by atomic mass is 10.0. The molecule has 0 saturated carbocycles. The first-order valence-electron chi connectivity index (χ1n) is 5.45. The Morgan fingerprint density at radius 2 is 1.94 bits per heavy atom. The number of halogens is 1. The maximum atomic E-state index is 6.41. The number of benzene rings is 1. The van der Waals surface area contributed by atoms with Gasteiger partial charge in [0.1, 0.15) is 11.5 Å². The van der Waals surface area contributed by atoms with Crippen LogP contribution in [-0.4, -0.2) is 7.11 Å². The Morgan fingerprint density at radius 3 is 2.47 bits per heavy atom. The molecule has 0 aliphatic heterocycles. The molecule has 2 nitrogen and oxygen atoms in total. The second-order valence-corrected chi connectivity index (χ2v) is 4.52. The molecule has 3 heteroatoms. The molecule has 0 fully saturated rings. The van der Waals surface area contributed by atoms with Crippen molar-refractivity contribution in [3.05, 3.63) is 53.0 Å². The number of ether oxygens (including phenoxy) is 1. The summed E-state index contributed by atoms with van der Waals surface area (Å²) in [5.41, 5.74) is 3.11.